The van der Waals surface area contributed by atoms with Gasteiger partial charge in [0.25, 0.3) is 0 Å². The van der Waals surface area contributed by atoms with Crippen molar-refractivity contribution < 1.29 is 10.2 Å². The molecule has 0 heterocycles. The number of rotatable bonds is 4. The standard InChI is InChI=1S/C21H20O2/c1-16-10-8-9-15-19(16)21(22,23)20(17-11-4-2-5-12-17)18-13-6-3-7-14-18/h2-15,20,22-23H,1H3. The highest BCUT2D eigenvalue weighted by Gasteiger charge is 2.39. The van der Waals surface area contributed by atoms with Crippen molar-refractivity contribution in [3.8, 4) is 0 Å². The van der Waals surface area contributed by atoms with E-state index in [4.69, 9.17) is 0 Å². The Kier molecular flexibility index (Phi) is 4.28. The molecule has 0 aliphatic carbocycles. The van der Waals surface area contributed by atoms with E-state index < -0.39 is 11.7 Å². The molecule has 0 aliphatic heterocycles. The Labute approximate surface area is 136 Å². The minimum Gasteiger partial charge on any atom is -0.361 e. The average Bonchev–Trinajstić information content (AvgIpc) is 2.57. The van der Waals surface area contributed by atoms with Crippen molar-refractivity contribution in [2.24, 2.45) is 0 Å². The van der Waals surface area contributed by atoms with Gasteiger partial charge in [-0.15, -0.1) is 0 Å². The van der Waals surface area contributed by atoms with Crippen LogP contribution in [0, 0.1) is 6.92 Å². The summed E-state index contributed by atoms with van der Waals surface area (Å²) in [5, 5.41) is 22.2. The summed E-state index contributed by atoms with van der Waals surface area (Å²) < 4.78 is 0. The Morgan fingerprint density at radius 3 is 1.57 bits per heavy atom. The number of hydrogen-bond donors (Lipinski definition) is 2. The second-order valence-electron chi connectivity index (χ2n) is 5.80. The van der Waals surface area contributed by atoms with Crippen molar-refractivity contribution in [1.82, 2.24) is 0 Å². The summed E-state index contributed by atoms with van der Waals surface area (Å²) in [6, 6.07) is 26.6. The SMILES string of the molecule is Cc1ccccc1C(O)(O)C(c1ccccc1)c1ccccc1. The number of hydrogen-bond acceptors (Lipinski definition) is 2. The van der Waals surface area contributed by atoms with E-state index in [9.17, 15) is 10.2 Å². The Bertz CT molecular complexity index is 725. The van der Waals surface area contributed by atoms with Crippen LogP contribution in [0.25, 0.3) is 0 Å². The van der Waals surface area contributed by atoms with Crippen LogP contribution in [0.2, 0.25) is 0 Å². The highest BCUT2D eigenvalue weighted by Crippen LogP contribution is 2.40. The molecule has 0 unspecified atom stereocenters. The van der Waals surface area contributed by atoms with E-state index in [1.54, 1.807) is 6.07 Å². The van der Waals surface area contributed by atoms with Crippen LogP contribution in [0.1, 0.15) is 28.2 Å². The second-order valence-corrected chi connectivity index (χ2v) is 5.80. The van der Waals surface area contributed by atoms with Gasteiger partial charge in [-0.1, -0.05) is 84.9 Å². The zero-order valence-corrected chi connectivity index (χ0v) is 13.1. The molecule has 0 radical (unpaired) electrons. The summed E-state index contributed by atoms with van der Waals surface area (Å²) in [6.07, 6.45) is 0. The van der Waals surface area contributed by atoms with Gasteiger partial charge >= 0.3 is 0 Å². The molecule has 116 valence electrons. The third kappa shape index (κ3) is 3.04. The predicted molar refractivity (Wildman–Crippen MR) is 92.0 cm³/mol. The summed E-state index contributed by atoms with van der Waals surface area (Å²) in [4.78, 5) is 0. The molecule has 23 heavy (non-hydrogen) atoms. The Hall–Kier alpha value is -2.42. The van der Waals surface area contributed by atoms with Gasteiger partial charge in [-0.3, -0.25) is 0 Å². The summed E-state index contributed by atoms with van der Waals surface area (Å²) in [6.45, 7) is 1.89. The minimum atomic E-state index is -1.99. The van der Waals surface area contributed by atoms with Gasteiger partial charge in [-0.2, -0.15) is 0 Å². The first kappa shape index (κ1) is 15.5. The van der Waals surface area contributed by atoms with Gasteiger partial charge in [0.2, 0.25) is 5.79 Å². The molecule has 2 N–H and O–H groups in total. The fraction of sp³-hybridized carbons (Fsp3) is 0.143. The Morgan fingerprint density at radius 1 is 0.652 bits per heavy atom. The second kappa shape index (κ2) is 6.37. The molecule has 0 bridgehead atoms. The molecule has 0 aliphatic rings. The van der Waals surface area contributed by atoms with Gasteiger partial charge in [0.1, 0.15) is 0 Å². The lowest BCUT2D eigenvalue weighted by atomic mass is 9.80. The van der Waals surface area contributed by atoms with Crippen molar-refractivity contribution in [2.75, 3.05) is 0 Å². The van der Waals surface area contributed by atoms with E-state index in [0.29, 0.717) is 5.56 Å². The molecule has 0 atom stereocenters. The largest absolute Gasteiger partial charge is 0.361 e. The number of aryl methyl sites for hydroxylation is 1. The molecule has 3 rings (SSSR count). The lowest BCUT2D eigenvalue weighted by Gasteiger charge is -2.33. The first-order chi connectivity index (χ1) is 11.1. The average molecular weight is 304 g/mol. The van der Waals surface area contributed by atoms with E-state index in [0.717, 1.165) is 16.7 Å². The molecule has 2 nitrogen and oxygen atoms in total. The lowest BCUT2D eigenvalue weighted by Crippen LogP contribution is -2.34. The molecule has 0 saturated heterocycles. The quantitative estimate of drug-likeness (QED) is 0.716. The molecular formula is C21H20O2. The van der Waals surface area contributed by atoms with Crippen molar-refractivity contribution in [1.29, 1.82) is 0 Å². The molecular weight excluding hydrogens is 284 g/mol. The number of aliphatic hydroxyl groups is 2. The monoisotopic (exact) mass is 304 g/mol. The first-order valence-corrected chi connectivity index (χ1v) is 7.71. The Morgan fingerprint density at radius 2 is 1.09 bits per heavy atom. The first-order valence-electron chi connectivity index (χ1n) is 7.71. The van der Waals surface area contributed by atoms with Gasteiger partial charge in [0.05, 0.1) is 5.92 Å². The van der Waals surface area contributed by atoms with Gasteiger partial charge in [0.15, 0.2) is 0 Å². The van der Waals surface area contributed by atoms with Gasteiger partial charge in [-0.05, 0) is 23.6 Å². The maximum absolute atomic E-state index is 11.1. The minimum absolute atomic E-state index is 0.526. The summed E-state index contributed by atoms with van der Waals surface area (Å²) in [5.74, 6) is -2.56. The van der Waals surface area contributed by atoms with Gasteiger partial charge < -0.3 is 10.2 Å². The van der Waals surface area contributed by atoms with Gasteiger partial charge in [-0.25, -0.2) is 0 Å². The van der Waals surface area contributed by atoms with Crippen LogP contribution in [0.3, 0.4) is 0 Å². The van der Waals surface area contributed by atoms with E-state index in [2.05, 4.69) is 0 Å². The summed E-state index contributed by atoms with van der Waals surface area (Å²) in [5.41, 5.74) is 3.12. The van der Waals surface area contributed by atoms with Crippen LogP contribution in [-0.4, -0.2) is 10.2 Å². The predicted octanol–water partition coefficient (Wildman–Crippen LogP) is 3.96. The van der Waals surface area contributed by atoms with E-state index in [-0.39, 0.29) is 0 Å². The highest BCUT2D eigenvalue weighted by atomic mass is 16.5. The third-order valence-corrected chi connectivity index (χ3v) is 4.21. The van der Waals surface area contributed by atoms with Crippen LogP contribution in [0.15, 0.2) is 84.9 Å². The van der Waals surface area contributed by atoms with Crippen molar-refractivity contribution in [2.45, 2.75) is 18.6 Å². The maximum Gasteiger partial charge on any atom is 0.201 e. The molecule has 2 heteroatoms. The molecule has 3 aromatic rings. The fourth-order valence-electron chi connectivity index (χ4n) is 3.09. The van der Waals surface area contributed by atoms with Crippen LogP contribution < -0.4 is 0 Å². The van der Waals surface area contributed by atoms with E-state index >= 15 is 0 Å². The molecule has 3 aromatic carbocycles. The number of benzene rings is 3. The molecule has 0 saturated carbocycles. The molecule has 0 spiro atoms. The highest BCUT2D eigenvalue weighted by molar-refractivity contribution is 5.40. The van der Waals surface area contributed by atoms with E-state index in [1.165, 1.54) is 0 Å². The normalized spacial score (nSPS) is 11.7. The smallest absolute Gasteiger partial charge is 0.201 e. The third-order valence-electron chi connectivity index (χ3n) is 4.21. The molecule has 0 amide bonds. The van der Waals surface area contributed by atoms with E-state index in [1.807, 2.05) is 85.8 Å². The lowest BCUT2D eigenvalue weighted by molar-refractivity contribution is -0.180. The summed E-state index contributed by atoms with van der Waals surface area (Å²) >= 11 is 0. The van der Waals surface area contributed by atoms with Crippen molar-refractivity contribution in [3.05, 3.63) is 107 Å². The molecule has 0 aromatic heterocycles. The Balaban J connectivity index is 2.18. The van der Waals surface area contributed by atoms with Crippen LogP contribution in [0.5, 0.6) is 0 Å². The zero-order valence-electron chi connectivity index (χ0n) is 13.1. The topological polar surface area (TPSA) is 40.5 Å². The molecule has 0 fully saturated rings. The summed E-state index contributed by atoms with van der Waals surface area (Å²) in [7, 11) is 0. The zero-order chi connectivity index (χ0) is 16.3. The van der Waals surface area contributed by atoms with Crippen LogP contribution in [-0.2, 0) is 5.79 Å². The van der Waals surface area contributed by atoms with Gasteiger partial charge in [0, 0.05) is 5.56 Å². The fourth-order valence-corrected chi connectivity index (χ4v) is 3.09. The van der Waals surface area contributed by atoms with Crippen molar-refractivity contribution >= 4 is 0 Å². The van der Waals surface area contributed by atoms with Crippen LogP contribution in [0.4, 0.5) is 0 Å². The maximum atomic E-state index is 11.1. The van der Waals surface area contributed by atoms with Crippen LogP contribution >= 0.6 is 0 Å². The van der Waals surface area contributed by atoms with Crippen molar-refractivity contribution in [3.63, 3.8) is 0 Å².